The monoisotopic (exact) mass is 599 g/mol. The van der Waals surface area contributed by atoms with Gasteiger partial charge in [0.1, 0.15) is 11.6 Å². The molecule has 3 rings (SSSR count). The summed E-state index contributed by atoms with van der Waals surface area (Å²) in [5.41, 5.74) is 4.38. The quantitative estimate of drug-likeness (QED) is 0.216. The maximum Gasteiger partial charge on any atom is 0.307 e. The van der Waals surface area contributed by atoms with Gasteiger partial charge in [0.05, 0.1) is 12.5 Å². The number of pyridine rings is 1. The Balaban J connectivity index is 1.78. The van der Waals surface area contributed by atoms with Crippen LogP contribution in [0.4, 0.5) is 0 Å². The van der Waals surface area contributed by atoms with Gasteiger partial charge in [-0.1, -0.05) is 75.4 Å². The number of aryl methyl sites for hydroxylation is 2. The summed E-state index contributed by atoms with van der Waals surface area (Å²) < 4.78 is 5.59. The Bertz CT molecular complexity index is 1390. The molecule has 0 radical (unpaired) electrons. The highest BCUT2D eigenvalue weighted by Crippen LogP contribution is 2.30. The number of carbonyl (C=O) groups is 3. The van der Waals surface area contributed by atoms with Gasteiger partial charge < -0.3 is 15.4 Å². The molecule has 44 heavy (non-hydrogen) atoms. The number of benzene rings is 2. The average Bonchev–Trinajstić information content (AvgIpc) is 2.94. The largest absolute Gasteiger partial charge is 0.460 e. The first-order valence-corrected chi connectivity index (χ1v) is 15.5. The lowest BCUT2D eigenvalue weighted by atomic mass is 9.85. The van der Waals surface area contributed by atoms with E-state index in [9.17, 15) is 14.4 Å². The van der Waals surface area contributed by atoms with Gasteiger partial charge in [0, 0.05) is 18.3 Å². The van der Waals surface area contributed by atoms with Gasteiger partial charge >= 0.3 is 5.97 Å². The Hall–Kier alpha value is -4.00. The van der Waals surface area contributed by atoms with Crippen LogP contribution in [0.3, 0.4) is 0 Å². The Labute approximate surface area is 263 Å². The molecular formula is C37H49N3O4. The third kappa shape index (κ3) is 10.3. The van der Waals surface area contributed by atoms with Crippen molar-refractivity contribution in [3.05, 3.63) is 89.7 Å². The normalized spacial score (nSPS) is 13.8. The van der Waals surface area contributed by atoms with E-state index < -0.39 is 28.9 Å². The third-order valence-corrected chi connectivity index (χ3v) is 7.58. The van der Waals surface area contributed by atoms with Crippen molar-refractivity contribution in [3.63, 3.8) is 0 Å². The first-order valence-electron chi connectivity index (χ1n) is 15.5. The van der Waals surface area contributed by atoms with E-state index in [0.717, 1.165) is 17.5 Å². The highest BCUT2D eigenvalue weighted by molar-refractivity contribution is 5.90. The lowest BCUT2D eigenvalue weighted by Crippen LogP contribution is -2.55. The van der Waals surface area contributed by atoms with Crippen molar-refractivity contribution in [2.75, 3.05) is 0 Å². The molecule has 2 aromatic carbocycles. The van der Waals surface area contributed by atoms with E-state index in [2.05, 4.69) is 52.9 Å². The van der Waals surface area contributed by atoms with Crippen LogP contribution in [0, 0.1) is 18.3 Å². The molecule has 0 bridgehead atoms. The summed E-state index contributed by atoms with van der Waals surface area (Å²) in [6, 6.07) is 19.2. The number of hydrogen-bond donors (Lipinski definition) is 2. The lowest BCUT2D eigenvalue weighted by molar-refractivity contribution is -0.157. The van der Waals surface area contributed by atoms with Crippen LogP contribution >= 0.6 is 0 Å². The van der Waals surface area contributed by atoms with Gasteiger partial charge in [0.15, 0.2) is 0 Å². The van der Waals surface area contributed by atoms with Crippen LogP contribution in [0.1, 0.15) is 90.5 Å². The maximum atomic E-state index is 13.8. The van der Waals surface area contributed by atoms with Crippen LogP contribution in [-0.2, 0) is 25.5 Å². The minimum atomic E-state index is -0.809. The molecule has 1 aromatic heterocycles. The van der Waals surface area contributed by atoms with Gasteiger partial charge in [0.2, 0.25) is 11.8 Å². The molecule has 0 aliphatic carbocycles. The summed E-state index contributed by atoms with van der Waals surface area (Å²) >= 11 is 0. The fraction of sp³-hybridized carbons (Fsp3) is 0.459. The van der Waals surface area contributed by atoms with E-state index in [4.69, 9.17) is 4.74 Å². The zero-order chi connectivity index (χ0) is 32.5. The summed E-state index contributed by atoms with van der Waals surface area (Å²) in [5, 5.41) is 6.03. The van der Waals surface area contributed by atoms with Crippen molar-refractivity contribution < 1.29 is 19.1 Å². The first-order chi connectivity index (χ1) is 20.7. The van der Waals surface area contributed by atoms with Crippen molar-refractivity contribution in [3.8, 4) is 11.1 Å². The molecule has 7 heteroatoms. The predicted molar refractivity (Wildman–Crippen MR) is 176 cm³/mol. The van der Waals surface area contributed by atoms with E-state index in [1.54, 1.807) is 12.4 Å². The van der Waals surface area contributed by atoms with Gasteiger partial charge in [0.25, 0.3) is 0 Å². The molecule has 2 N–H and O–H groups in total. The number of nitrogens with zero attached hydrogens (tertiary/aromatic N) is 1. The van der Waals surface area contributed by atoms with Crippen molar-refractivity contribution >= 4 is 17.8 Å². The van der Waals surface area contributed by atoms with Crippen LogP contribution in [-0.4, -0.2) is 34.4 Å². The Kier molecular flexibility index (Phi) is 11.9. The zero-order valence-corrected chi connectivity index (χ0v) is 27.6. The Morgan fingerprint density at radius 2 is 1.57 bits per heavy atom. The second kappa shape index (κ2) is 15.1. The summed E-state index contributed by atoms with van der Waals surface area (Å²) in [5.74, 6) is -1.69. The topological polar surface area (TPSA) is 97.4 Å². The molecule has 0 spiro atoms. The Morgan fingerprint density at radius 3 is 2.18 bits per heavy atom. The molecular weight excluding hydrogens is 550 g/mol. The van der Waals surface area contributed by atoms with E-state index >= 15 is 0 Å². The van der Waals surface area contributed by atoms with Crippen molar-refractivity contribution in [2.24, 2.45) is 11.3 Å². The van der Waals surface area contributed by atoms with Crippen LogP contribution in [0.15, 0.2) is 73.1 Å². The molecule has 0 fully saturated rings. The Morgan fingerprint density at radius 1 is 0.864 bits per heavy atom. The fourth-order valence-electron chi connectivity index (χ4n) is 5.35. The fourth-order valence-corrected chi connectivity index (χ4v) is 5.35. The second-order valence-corrected chi connectivity index (χ2v) is 13.7. The molecule has 0 saturated heterocycles. The number of aromatic nitrogens is 1. The highest BCUT2D eigenvalue weighted by atomic mass is 16.6. The third-order valence-electron chi connectivity index (χ3n) is 7.58. The smallest absolute Gasteiger partial charge is 0.307 e. The molecule has 2 amide bonds. The number of rotatable bonds is 12. The van der Waals surface area contributed by atoms with E-state index in [1.807, 2.05) is 78.8 Å². The summed E-state index contributed by atoms with van der Waals surface area (Å²) in [6.07, 6.45) is 5.24. The summed E-state index contributed by atoms with van der Waals surface area (Å²) in [7, 11) is 0. The van der Waals surface area contributed by atoms with Crippen molar-refractivity contribution in [1.29, 1.82) is 0 Å². The second-order valence-electron chi connectivity index (χ2n) is 13.7. The number of nitrogens with one attached hydrogen (secondary N) is 2. The average molecular weight is 600 g/mol. The van der Waals surface area contributed by atoms with Crippen molar-refractivity contribution in [1.82, 2.24) is 15.6 Å². The zero-order valence-electron chi connectivity index (χ0n) is 27.6. The summed E-state index contributed by atoms with van der Waals surface area (Å²) in [6.45, 7) is 15.2. The van der Waals surface area contributed by atoms with E-state index in [1.165, 1.54) is 16.7 Å². The number of amides is 2. The SMILES string of the molecule is Cc1cccc(CCCC(CC(=O)OC(C)(C)C)C(=O)NC(C(=O)NC(C)c2cccnc2)C(C)(C)C)c1-c1ccccc1. The highest BCUT2D eigenvalue weighted by Gasteiger charge is 2.36. The molecule has 0 aliphatic heterocycles. The predicted octanol–water partition coefficient (Wildman–Crippen LogP) is 7.14. The minimum Gasteiger partial charge on any atom is -0.460 e. The molecule has 3 atom stereocenters. The number of esters is 1. The summed E-state index contributed by atoms with van der Waals surface area (Å²) in [4.78, 5) is 44.4. The van der Waals surface area contributed by atoms with Gasteiger partial charge in [-0.2, -0.15) is 0 Å². The van der Waals surface area contributed by atoms with Crippen LogP contribution in [0.5, 0.6) is 0 Å². The van der Waals surface area contributed by atoms with Crippen LogP contribution < -0.4 is 10.6 Å². The molecule has 236 valence electrons. The van der Waals surface area contributed by atoms with Crippen molar-refractivity contribution in [2.45, 2.75) is 98.8 Å². The molecule has 0 saturated carbocycles. The minimum absolute atomic E-state index is 0.0625. The van der Waals surface area contributed by atoms with E-state index in [-0.39, 0.29) is 24.3 Å². The van der Waals surface area contributed by atoms with E-state index in [0.29, 0.717) is 12.8 Å². The van der Waals surface area contributed by atoms with Gasteiger partial charge in [-0.15, -0.1) is 0 Å². The first kappa shape index (κ1) is 34.5. The van der Waals surface area contributed by atoms with Gasteiger partial charge in [-0.25, -0.2) is 0 Å². The molecule has 0 aliphatic rings. The molecule has 3 aromatic rings. The standard InChI is InChI=1S/C37H49N3O4/c1-25-15-12-18-28(32(25)27-16-10-9-11-17-27)19-13-20-29(23-31(41)44-37(6,7)8)34(42)40-33(36(3,4)5)35(43)39-26(2)30-21-14-22-38-24-30/h9-12,14-18,21-22,24,26,29,33H,13,19-20,23H2,1-8H3,(H,39,43)(H,40,42). The van der Waals surface area contributed by atoms with Gasteiger partial charge in [-0.05, 0) is 93.2 Å². The lowest BCUT2D eigenvalue weighted by Gasteiger charge is -2.33. The number of ether oxygens (including phenoxy) is 1. The van der Waals surface area contributed by atoms with Crippen LogP contribution in [0.25, 0.3) is 11.1 Å². The maximum absolute atomic E-state index is 13.8. The number of carbonyl (C=O) groups excluding carboxylic acids is 3. The number of hydrogen-bond acceptors (Lipinski definition) is 5. The molecule has 1 heterocycles. The van der Waals surface area contributed by atoms with Gasteiger partial charge in [-0.3, -0.25) is 19.4 Å². The van der Waals surface area contributed by atoms with Crippen LogP contribution in [0.2, 0.25) is 0 Å². The molecule has 3 unspecified atom stereocenters. The molecule has 7 nitrogen and oxygen atoms in total.